The normalized spacial score (nSPS) is 10.6. The summed E-state index contributed by atoms with van der Waals surface area (Å²) in [5.41, 5.74) is 3.14. The second kappa shape index (κ2) is 6.29. The van der Waals surface area contributed by atoms with Gasteiger partial charge in [-0.25, -0.2) is 4.98 Å². The number of hydrogen-bond donors (Lipinski definition) is 0. The first-order valence-corrected chi connectivity index (χ1v) is 7.87. The van der Waals surface area contributed by atoms with E-state index in [0.29, 0.717) is 6.61 Å². The van der Waals surface area contributed by atoms with Gasteiger partial charge < -0.3 is 4.74 Å². The highest BCUT2D eigenvalue weighted by Crippen LogP contribution is 2.26. The smallest absolute Gasteiger partial charge is 0.131 e. The van der Waals surface area contributed by atoms with Crippen LogP contribution >= 0.6 is 22.9 Å². The topological polar surface area (TPSA) is 22.1 Å². The van der Waals surface area contributed by atoms with Crippen molar-refractivity contribution in [2.45, 2.75) is 13.5 Å². The molecule has 1 heterocycles. The van der Waals surface area contributed by atoms with E-state index >= 15 is 0 Å². The second-order valence-corrected chi connectivity index (χ2v) is 6.00. The third-order valence-electron chi connectivity index (χ3n) is 3.11. The van der Waals surface area contributed by atoms with Crippen molar-refractivity contribution in [1.29, 1.82) is 0 Å². The number of ether oxygens (including phenoxy) is 1. The summed E-state index contributed by atoms with van der Waals surface area (Å²) in [7, 11) is 0. The van der Waals surface area contributed by atoms with E-state index in [2.05, 4.69) is 4.98 Å². The van der Waals surface area contributed by atoms with E-state index in [4.69, 9.17) is 16.3 Å². The second-order valence-electron chi connectivity index (χ2n) is 4.71. The molecule has 3 rings (SSSR count). The first-order chi connectivity index (χ1) is 10.2. The van der Waals surface area contributed by atoms with Crippen molar-refractivity contribution in [3.63, 3.8) is 0 Å². The third kappa shape index (κ3) is 3.43. The molecule has 0 spiro atoms. The standard InChI is InChI=1S/C17H14ClNOS/c1-12-4-2-3-5-16(12)20-10-15-11-21-17(19-15)13-6-8-14(18)9-7-13/h2-9,11H,10H2,1H3. The van der Waals surface area contributed by atoms with Gasteiger partial charge in [-0.15, -0.1) is 11.3 Å². The lowest BCUT2D eigenvalue weighted by Crippen LogP contribution is -1.97. The number of benzene rings is 2. The SMILES string of the molecule is Cc1ccccc1OCc1csc(-c2ccc(Cl)cc2)n1. The van der Waals surface area contributed by atoms with Crippen molar-refractivity contribution in [1.82, 2.24) is 4.98 Å². The van der Waals surface area contributed by atoms with Crippen LogP contribution in [0, 0.1) is 6.92 Å². The number of halogens is 1. The first kappa shape index (κ1) is 14.1. The number of rotatable bonds is 4. The van der Waals surface area contributed by atoms with Crippen LogP contribution in [0.5, 0.6) is 5.75 Å². The minimum absolute atomic E-state index is 0.481. The first-order valence-electron chi connectivity index (χ1n) is 6.61. The molecule has 3 aromatic rings. The number of aromatic nitrogens is 1. The predicted octanol–water partition coefficient (Wildman–Crippen LogP) is 5.35. The highest BCUT2D eigenvalue weighted by atomic mass is 35.5. The Balaban J connectivity index is 1.71. The Labute approximate surface area is 133 Å². The Hall–Kier alpha value is -1.84. The van der Waals surface area contributed by atoms with Gasteiger partial charge in [0.05, 0.1) is 5.69 Å². The van der Waals surface area contributed by atoms with Gasteiger partial charge in [-0.05, 0) is 30.7 Å². The molecule has 0 atom stereocenters. The molecule has 0 aliphatic carbocycles. The van der Waals surface area contributed by atoms with Gasteiger partial charge in [0.15, 0.2) is 0 Å². The molecule has 0 aliphatic rings. The van der Waals surface area contributed by atoms with Gasteiger partial charge in [0.2, 0.25) is 0 Å². The van der Waals surface area contributed by atoms with Gasteiger partial charge in [0.1, 0.15) is 17.4 Å². The van der Waals surface area contributed by atoms with Gasteiger partial charge >= 0.3 is 0 Å². The zero-order valence-corrected chi connectivity index (χ0v) is 13.1. The number of nitrogens with zero attached hydrogens (tertiary/aromatic N) is 1. The molecule has 0 saturated heterocycles. The van der Waals surface area contributed by atoms with Crippen LogP contribution in [0.25, 0.3) is 10.6 Å². The van der Waals surface area contributed by atoms with E-state index < -0.39 is 0 Å². The lowest BCUT2D eigenvalue weighted by molar-refractivity contribution is 0.300. The molecular formula is C17H14ClNOS. The Bertz CT molecular complexity index is 737. The predicted molar refractivity (Wildman–Crippen MR) is 88.1 cm³/mol. The molecule has 2 nitrogen and oxygen atoms in total. The van der Waals surface area contributed by atoms with Crippen LogP contribution in [0.3, 0.4) is 0 Å². The van der Waals surface area contributed by atoms with E-state index in [1.165, 1.54) is 0 Å². The van der Waals surface area contributed by atoms with Gasteiger partial charge in [-0.3, -0.25) is 0 Å². The summed E-state index contributed by atoms with van der Waals surface area (Å²) in [6.45, 7) is 2.52. The van der Waals surface area contributed by atoms with Crippen LogP contribution in [0.2, 0.25) is 5.02 Å². The lowest BCUT2D eigenvalue weighted by Gasteiger charge is -2.06. The van der Waals surface area contributed by atoms with Crippen molar-refractivity contribution in [2.24, 2.45) is 0 Å². The van der Waals surface area contributed by atoms with E-state index in [1.807, 2.05) is 60.8 Å². The van der Waals surface area contributed by atoms with Gasteiger partial charge in [0, 0.05) is 16.0 Å². The fourth-order valence-corrected chi connectivity index (χ4v) is 2.90. The molecule has 0 bridgehead atoms. The molecule has 0 N–H and O–H groups in total. The fraction of sp³-hybridized carbons (Fsp3) is 0.118. The molecule has 0 radical (unpaired) electrons. The van der Waals surface area contributed by atoms with Crippen LogP contribution in [-0.4, -0.2) is 4.98 Å². The monoisotopic (exact) mass is 315 g/mol. The van der Waals surface area contributed by atoms with Crippen molar-refractivity contribution >= 4 is 22.9 Å². The summed E-state index contributed by atoms with van der Waals surface area (Å²) in [5, 5.41) is 3.75. The van der Waals surface area contributed by atoms with E-state index in [-0.39, 0.29) is 0 Å². The maximum atomic E-state index is 5.90. The summed E-state index contributed by atoms with van der Waals surface area (Å²) >= 11 is 7.51. The van der Waals surface area contributed by atoms with Crippen molar-refractivity contribution < 1.29 is 4.74 Å². The number of para-hydroxylation sites is 1. The van der Waals surface area contributed by atoms with E-state index in [9.17, 15) is 0 Å². The molecule has 4 heteroatoms. The zero-order chi connectivity index (χ0) is 14.7. The maximum Gasteiger partial charge on any atom is 0.131 e. The average molecular weight is 316 g/mol. The summed E-state index contributed by atoms with van der Waals surface area (Å²) in [5.74, 6) is 0.901. The molecule has 106 valence electrons. The largest absolute Gasteiger partial charge is 0.487 e. The molecular weight excluding hydrogens is 302 g/mol. The van der Waals surface area contributed by atoms with E-state index in [1.54, 1.807) is 11.3 Å². The summed E-state index contributed by atoms with van der Waals surface area (Å²) in [6.07, 6.45) is 0. The molecule has 0 saturated carbocycles. The Morgan fingerprint density at radius 3 is 2.62 bits per heavy atom. The molecule has 0 fully saturated rings. The van der Waals surface area contributed by atoms with Crippen molar-refractivity contribution in [2.75, 3.05) is 0 Å². The minimum Gasteiger partial charge on any atom is -0.487 e. The highest BCUT2D eigenvalue weighted by Gasteiger charge is 2.06. The van der Waals surface area contributed by atoms with E-state index in [0.717, 1.165) is 32.6 Å². The molecule has 2 aromatic carbocycles. The lowest BCUT2D eigenvalue weighted by atomic mass is 10.2. The summed E-state index contributed by atoms with van der Waals surface area (Å²) < 4.78 is 5.81. The Morgan fingerprint density at radius 1 is 1.10 bits per heavy atom. The van der Waals surface area contributed by atoms with Crippen LogP contribution < -0.4 is 4.74 Å². The number of hydrogen-bond acceptors (Lipinski definition) is 3. The zero-order valence-electron chi connectivity index (χ0n) is 11.5. The van der Waals surface area contributed by atoms with Crippen LogP contribution in [-0.2, 0) is 6.61 Å². The summed E-state index contributed by atoms with van der Waals surface area (Å²) in [4.78, 5) is 4.61. The van der Waals surface area contributed by atoms with Crippen molar-refractivity contribution in [3.05, 3.63) is 70.2 Å². The van der Waals surface area contributed by atoms with Crippen LogP contribution in [0.15, 0.2) is 53.9 Å². The molecule has 0 unspecified atom stereocenters. The molecule has 1 aromatic heterocycles. The van der Waals surface area contributed by atoms with Gasteiger partial charge in [0.25, 0.3) is 0 Å². The van der Waals surface area contributed by atoms with Crippen molar-refractivity contribution in [3.8, 4) is 16.3 Å². The highest BCUT2D eigenvalue weighted by molar-refractivity contribution is 7.13. The van der Waals surface area contributed by atoms with Crippen LogP contribution in [0.1, 0.15) is 11.3 Å². The number of aryl methyl sites for hydroxylation is 1. The third-order valence-corrected chi connectivity index (χ3v) is 4.30. The fourth-order valence-electron chi connectivity index (χ4n) is 1.97. The Kier molecular flexibility index (Phi) is 4.23. The maximum absolute atomic E-state index is 5.90. The van der Waals surface area contributed by atoms with Gasteiger partial charge in [-0.1, -0.05) is 41.9 Å². The molecule has 21 heavy (non-hydrogen) atoms. The molecule has 0 amide bonds. The Morgan fingerprint density at radius 2 is 1.86 bits per heavy atom. The minimum atomic E-state index is 0.481. The summed E-state index contributed by atoms with van der Waals surface area (Å²) in [6, 6.07) is 15.7. The average Bonchev–Trinajstić information content (AvgIpc) is 2.96. The quantitative estimate of drug-likeness (QED) is 0.647. The number of thiazole rings is 1. The van der Waals surface area contributed by atoms with Crippen LogP contribution in [0.4, 0.5) is 0 Å². The van der Waals surface area contributed by atoms with Gasteiger partial charge in [-0.2, -0.15) is 0 Å². The molecule has 0 aliphatic heterocycles.